The van der Waals surface area contributed by atoms with E-state index in [-0.39, 0.29) is 5.41 Å². The first-order valence-electron chi connectivity index (χ1n) is 4.73. The molecule has 1 saturated carbocycles. The van der Waals surface area contributed by atoms with Gasteiger partial charge in [0.1, 0.15) is 0 Å². The molecule has 0 amide bonds. The summed E-state index contributed by atoms with van der Waals surface area (Å²) < 4.78 is 36.9. The molecule has 0 spiro atoms. The zero-order valence-electron chi connectivity index (χ0n) is 8.46. The van der Waals surface area contributed by atoms with Crippen LogP contribution in [-0.4, -0.2) is 6.18 Å². The second kappa shape index (κ2) is 2.89. The largest absolute Gasteiger partial charge is 0.389 e. The minimum atomic E-state index is -4.01. The Morgan fingerprint density at radius 3 is 1.62 bits per heavy atom. The van der Waals surface area contributed by atoms with Crippen molar-refractivity contribution in [3.8, 4) is 0 Å². The summed E-state index contributed by atoms with van der Waals surface area (Å²) in [6, 6.07) is 0. The first-order chi connectivity index (χ1) is 5.66. The zero-order chi connectivity index (χ0) is 10.3. The smallest absolute Gasteiger partial charge is 0.171 e. The Morgan fingerprint density at radius 2 is 1.54 bits per heavy atom. The van der Waals surface area contributed by atoms with Crippen molar-refractivity contribution >= 4 is 0 Å². The van der Waals surface area contributed by atoms with Gasteiger partial charge < -0.3 is 0 Å². The maximum absolute atomic E-state index is 12.3. The highest BCUT2D eigenvalue weighted by molar-refractivity contribution is 4.97. The van der Waals surface area contributed by atoms with Crippen LogP contribution in [0.2, 0.25) is 0 Å². The molecule has 0 aromatic carbocycles. The Labute approximate surface area is 77.5 Å². The normalized spacial score (nSPS) is 22.6. The van der Waals surface area contributed by atoms with Gasteiger partial charge in [-0.05, 0) is 23.7 Å². The van der Waals surface area contributed by atoms with Crippen molar-refractivity contribution < 1.29 is 13.2 Å². The Hall–Kier alpha value is -0.210. The van der Waals surface area contributed by atoms with Gasteiger partial charge in [-0.15, -0.1) is 0 Å². The zero-order valence-corrected chi connectivity index (χ0v) is 8.46. The predicted molar refractivity (Wildman–Crippen MR) is 46.4 cm³/mol. The third-order valence-electron chi connectivity index (χ3n) is 3.44. The van der Waals surface area contributed by atoms with Crippen LogP contribution >= 0.6 is 0 Å². The Bertz CT molecular complexity index is 181. The summed E-state index contributed by atoms with van der Waals surface area (Å²) in [6.45, 7) is 5.74. The Morgan fingerprint density at radius 1 is 1.08 bits per heavy atom. The summed E-state index contributed by atoms with van der Waals surface area (Å²) >= 11 is 0. The Balaban J connectivity index is 2.72. The molecule has 0 heterocycles. The molecule has 0 aliphatic heterocycles. The van der Waals surface area contributed by atoms with Crippen LogP contribution in [-0.2, 0) is 0 Å². The van der Waals surface area contributed by atoms with Gasteiger partial charge in [-0.25, -0.2) is 0 Å². The number of halogens is 3. The van der Waals surface area contributed by atoms with Gasteiger partial charge >= 0.3 is 6.18 Å². The van der Waals surface area contributed by atoms with Gasteiger partial charge in [-0.1, -0.05) is 27.2 Å². The van der Waals surface area contributed by atoms with E-state index in [1.807, 2.05) is 20.8 Å². The van der Waals surface area contributed by atoms with Gasteiger partial charge in [-0.2, -0.15) is 13.2 Å². The van der Waals surface area contributed by atoms with E-state index in [9.17, 15) is 13.2 Å². The fourth-order valence-electron chi connectivity index (χ4n) is 2.18. The highest BCUT2D eigenvalue weighted by atomic mass is 19.4. The molecule has 0 aromatic rings. The van der Waals surface area contributed by atoms with Gasteiger partial charge in [0.15, 0.2) is 0 Å². The molecular weight excluding hydrogens is 177 g/mol. The molecule has 1 fully saturated rings. The standard InChI is InChI=1S/C10H17F3/c1-8(2,3)9(5-4-6-9)7-10(11,12)13/h4-7H2,1-3H3. The van der Waals surface area contributed by atoms with Crippen LogP contribution in [0.5, 0.6) is 0 Å². The summed E-state index contributed by atoms with van der Waals surface area (Å²) in [7, 11) is 0. The van der Waals surface area contributed by atoms with Crippen molar-refractivity contribution in [1.82, 2.24) is 0 Å². The highest BCUT2D eigenvalue weighted by Gasteiger charge is 2.52. The molecule has 0 saturated heterocycles. The van der Waals surface area contributed by atoms with Crippen LogP contribution in [0.15, 0.2) is 0 Å². The van der Waals surface area contributed by atoms with E-state index >= 15 is 0 Å². The van der Waals surface area contributed by atoms with Crippen molar-refractivity contribution in [3.05, 3.63) is 0 Å². The number of hydrogen-bond acceptors (Lipinski definition) is 0. The molecule has 78 valence electrons. The maximum atomic E-state index is 12.3. The number of rotatable bonds is 1. The topological polar surface area (TPSA) is 0 Å². The Kier molecular flexibility index (Phi) is 2.42. The van der Waals surface area contributed by atoms with Crippen molar-refractivity contribution in [2.45, 2.75) is 52.6 Å². The second-order valence-electron chi connectivity index (χ2n) is 5.18. The van der Waals surface area contributed by atoms with E-state index in [4.69, 9.17) is 0 Å². The summed E-state index contributed by atoms with van der Waals surface area (Å²) in [4.78, 5) is 0. The molecule has 3 heteroatoms. The van der Waals surface area contributed by atoms with Crippen LogP contribution in [0, 0.1) is 10.8 Å². The van der Waals surface area contributed by atoms with Crippen LogP contribution in [0.3, 0.4) is 0 Å². The molecule has 1 aliphatic rings. The third-order valence-corrected chi connectivity index (χ3v) is 3.44. The van der Waals surface area contributed by atoms with Crippen molar-refractivity contribution in [2.75, 3.05) is 0 Å². The molecule has 0 unspecified atom stereocenters. The fraction of sp³-hybridized carbons (Fsp3) is 1.00. The SMILES string of the molecule is CC(C)(C)C1(CC(F)(F)F)CCC1. The molecule has 13 heavy (non-hydrogen) atoms. The van der Waals surface area contributed by atoms with Gasteiger partial charge in [0.25, 0.3) is 0 Å². The average Bonchev–Trinajstić information content (AvgIpc) is 1.73. The third kappa shape index (κ3) is 2.18. The van der Waals surface area contributed by atoms with Gasteiger partial charge in [0.2, 0.25) is 0 Å². The van der Waals surface area contributed by atoms with Gasteiger partial charge in [0.05, 0.1) is 0 Å². The minimum absolute atomic E-state index is 0.221. The van der Waals surface area contributed by atoms with Crippen molar-refractivity contribution in [2.24, 2.45) is 10.8 Å². The van der Waals surface area contributed by atoms with Crippen molar-refractivity contribution in [3.63, 3.8) is 0 Å². The molecule has 1 rings (SSSR count). The first-order valence-corrected chi connectivity index (χ1v) is 4.73. The van der Waals surface area contributed by atoms with E-state index in [2.05, 4.69) is 0 Å². The minimum Gasteiger partial charge on any atom is -0.171 e. The first kappa shape index (κ1) is 10.9. The summed E-state index contributed by atoms with van der Waals surface area (Å²) in [5.74, 6) is 0. The van der Waals surface area contributed by atoms with E-state index in [1.165, 1.54) is 0 Å². The summed E-state index contributed by atoms with van der Waals surface area (Å²) in [6.07, 6.45) is -2.20. The van der Waals surface area contributed by atoms with Gasteiger partial charge in [0, 0.05) is 6.42 Å². The molecule has 0 atom stereocenters. The molecule has 0 N–H and O–H groups in total. The molecule has 0 radical (unpaired) electrons. The molecule has 0 bridgehead atoms. The summed E-state index contributed by atoms with van der Waals surface area (Å²) in [5.41, 5.74) is -0.702. The lowest BCUT2D eigenvalue weighted by atomic mass is 9.53. The summed E-state index contributed by atoms with van der Waals surface area (Å²) in [5, 5.41) is 0. The van der Waals surface area contributed by atoms with Crippen molar-refractivity contribution in [1.29, 1.82) is 0 Å². The molecule has 1 aliphatic carbocycles. The molecule has 0 nitrogen and oxygen atoms in total. The maximum Gasteiger partial charge on any atom is 0.389 e. The quantitative estimate of drug-likeness (QED) is 0.588. The second-order valence-corrected chi connectivity index (χ2v) is 5.18. The van der Waals surface area contributed by atoms with E-state index in [0.717, 1.165) is 19.3 Å². The average molecular weight is 194 g/mol. The monoisotopic (exact) mass is 194 g/mol. The lowest BCUT2D eigenvalue weighted by Gasteiger charge is -2.52. The fourth-order valence-corrected chi connectivity index (χ4v) is 2.18. The predicted octanol–water partition coefficient (Wildman–Crippen LogP) is 4.16. The van der Waals surface area contributed by atoms with E-state index in [1.54, 1.807) is 0 Å². The van der Waals surface area contributed by atoms with Gasteiger partial charge in [-0.3, -0.25) is 0 Å². The van der Waals surface area contributed by atoms with E-state index < -0.39 is 18.0 Å². The number of hydrogen-bond donors (Lipinski definition) is 0. The molecule has 0 aromatic heterocycles. The lowest BCUT2D eigenvalue weighted by Crippen LogP contribution is -2.44. The lowest BCUT2D eigenvalue weighted by molar-refractivity contribution is -0.190. The van der Waals surface area contributed by atoms with Crippen LogP contribution in [0.1, 0.15) is 46.5 Å². The van der Waals surface area contributed by atoms with Crippen LogP contribution in [0.25, 0.3) is 0 Å². The van der Waals surface area contributed by atoms with Crippen LogP contribution in [0.4, 0.5) is 13.2 Å². The molecular formula is C10H17F3. The number of alkyl halides is 3. The highest BCUT2D eigenvalue weighted by Crippen LogP contribution is 2.58. The van der Waals surface area contributed by atoms with E-state index in [0.29, 0.717) is 0 Å². The van der Waals surface area contributed by atoms with Crippen LogP contribution < -0.4 is 0 Å².